The molecule has 0 unspecified atom stereocenters. The smallest absolute Gasteiger partial charge is 0.195 e. The second-order valence-corrected chi connectivity index (χ2v) is 5.25. The maximum absolute atomic E-state index is 12.2. The van der Waals surface area contributed by atoms with Crippen LogP contribution in [0, 0.1) is 0 Å². The summed E-state index contributed by atoms with van der Waals surface area (Å²) in [5, 5.41) is 0. The highest BCUT2D eigenvalue weighted by Gasteiger charge is 2.37. The Labute approximate surface area is 114 Å². The largest absolute Gasteiger partial charge is 0.289 e. The first-order chi connectivity index (χ1) is 9.79. The van der Waals surface area contributed by atoms with Gasteiger partial charge in [-0.25, -0.2) is 0 Å². The lowest BCUT2D eigenvalue weighted by molar-refractivity contribution is 1.66. The molecule has 0 N–H and O–H groups in total. The lowest BCUT2D eigenvalue weighted by Crippen LogP contribution is -1.84. The Morgan fingerprint density at radius 3 is 0.950 bits per heavy atom. The number of hydrogen-bond donors (Lipinski definition) is 0. The molecule has 20 heavy (non-hydrogen) atoms. The van der Waals surface area contributed by atoms with Crippen molar-refractivity contribution < 1.29 is 0 Å². The third-order valence-electron chi connectivity index (χ3n) is 4.21. The van der Waals surface area contributed by atoms with Crippen molar-refractivity contribution in [3.05, 3.63) is 69.0 Å². The van der Waals surface area contributed by atoms with Gasteiger partial charge < -0.3 is 0 Å². The molecule has 0 radical (unpaired) electrons. The molecule has 0 fully saturated rings. The normalized spacial score (nSPS) is 12.4. The summed E-state index contributed by atoms with van der Waals surface area (Å²) >= 11 is 0. The molecular formula is C18H8O2. The molecule has 1 aliphatic rings. The van der Waals surface area contributed by atoms with Crippen molar-refractivity contribution in [2.24, 2.45) is 0 Å². The Morgan fingerprint density at radius 1 is 0.450 bits per heavy atom. The predicted octanol–water partition coefficient (Wildman–Crippen LogP) is 3.14. The minimum absolute atomic E-state index is 0.111. The van der Waals surface area contributed by atoms with E-state index in [0.29, 0.717) is 0 Å². The zero-order valence-corrected chi connectivity index (χ0v) is 10.4. The molecule has 0 heterocycles. The monoisotopic (exact) mass is 256 g/mol. The van der Waals surface area contributed by atoms with Crippen molar-refractivity contribution in [1.29, 1.82) is 0 Å². The van der Waals surface area contributed by atoms with E-state index in [-0.39, 0.29) is 10.9 Å². The van der Waals surface area contributed by atoms with Gasteiger partial charge in [0.05, 0.1) is 0 Å². The number of fused-ring (bicyclic) bond motifs is 8. The van der Waals surface area contributed by atoms with Gasteiger partial charge in [-0.2, -0.15) is 0 Å². The van der Waals surface area contributed by atoms with E-state index in [9.17, 15) is 9.59 Å². The van der Waals surface area contributed by atoms with Gasteiger partial charge in [-0.15, -0.1) is 0 Å². The molecule has 0 spiro atoms. The molecule has 0 bridgehead atoms. The molecule has 0 saturated carbocycles. The molecular weight excluding hydrogens is 248 g/mol. The van der Waals surface area contributed by atoms with Gasteiger partial charge in [0.2, 0.25) is 0 Å². The van der Waals surface area contributed by atoms with Crippen LogP contribution in [-0.2, 0) is 0 Å². The Hall–Kier alpha value is -2.74. The summed E-state index contributed by atoms with van der Waals surface area (Å²) in [5.41, 5.74) is 6.94. The molecule has 2 nitrogen and oxygen atoms in total. The molecule has 4 aromatic carbocycles. The van der Waals surface area contributed by atoms with Crippen LogP contribution in [0.5, 0.6) is 0 Å². The minimum Gasteiger partial charge on any atom is -0.289 e. The summed E-state index contributed by atoms with van der Waals surface area (Å²) in [6.07, 6.45) is 0. The van der Waals surface area contributed by atoms with E-state index in [1.54, 1.807) is 0 Å². The molecule has 0 amide bonds. The Kier molecular flexibility index (Phi) is 1.54. The summed E-state index contributed by atoms with van der Waals surface area (Å²) in [4.78, 5) is 24.4. The van der Waals surface area contributed by atoms with E-state index < -0.39 is 0 Å². The second-order valence-electron chi connectivity index (χ2n) is 5.25. The fraction of sp³-hybridized carbons (Fsp3) is 0. The molecule has 1 aliphatic carbocycles. The minimum atomic E-state index is 0.111. The van der Waals surface area contributed by atoms with Crippen molar-refractivity contribution in [2.75, 3.05) is 0 Å². The van der Waals surface area contributed by atoms with Gasteiger partial charge in [0, 0.05) is 22.3 Å². The highest BCUT2D eigenvalue weighted by molar-refractivity contribution is 6.11. The fourth-order valence-electron chi connectivity index (χ4n) is 3.21. The first-order valence-corrected chi connectivity index (χ1v) is 6.56. The molecule has 4 aromatic rings. The molecule has 0 atom stereocenters. The van der Waals surface area contributed by atoms with Crippen molar-refractivity contribution in [2.45, 2.75) is 0 Å². The molecule has 0 aliphatic heterocycles. The highest BCUT2D eigenvalue weighted by atomic mass is 16.1. The van der Waals surface area contributed by atoms with Crippen LogP contribution >= 0.6 is 0 Å². The van der Waals surface area contributed by atoms with Gasteiger partial charge >= 0.3 is 0 Å². The van der Waals surface area contributed by atoms with Gasteiger partial charge in [0.1, 0.15) is 0 Å². The molecule has 2 heteroatoms. The van der Waals surface area contributed by atoms with Gasteiger partial charge in [-0.05, 0) is 22.3 Å². The van der Waals surface area contributed by atoms with E-state index in [4.69, 9.17) is 0 Å². The predicted molar refractivity (Wildman–Crippen MR) is 79.0 cm³/mol. The van der Waals surface area contributed by atoms with Crippen LogP contribution in [0.4, 0.5) is 0 Å². The van der Waals surface area contributed by atoms with Crippen molar-refractivity contribution in [3.63, 3.8) is 0 Å². The van der Waals surface area contributed by atoms with Gasteiger partial charge in [-0.1, -0.05) is 48.5 Å². The topological polar surface area (TPSA) is 34.1 Å². The lowest BCUT2D eigenvalue weighted by atomic mass is 9.95. The third-order valence-corrected chi connectivity index (χ3v) is 4.21. The SMILES string of the molecule is O=c1c2c1-c1ccccc1-c1c(c1=O)-c1ccccc1-2. The number of benzene rings is 2. The van der Waals surface area contributed by atoms with Crippen LogP contribution in [0.15, 0.2) is 58.1 Å². The Morgan fingerprint density at radius 2 is 0.700 bits per heavy atom. The molecule has 5 rings (SSSR count). The lowest BCUT2D eigenvalue weighted by Gasteiger charge is -2.06. The second kappa shape index (κ2) is 3.05. The van der Waals surface area contributed by atoms with Gasteiger partial charge in [0.25, 0.3) is 0 Å². The number of hydrogen-bond acceptors (Lipinski definition) is 2. The van der Waals surface area contributed by atoms with E-state index in [1.807, 2.05) is 48.5 Å². The van der Waals surface area contributed by atoms with E-state index >= 15 is 0 Å². The quantitative estimate of drug-likeness (QED) is 0.426. The van der Waals surface area contributed by atoms with E-state index in [1.165, 1.54) is 0 Å². The van der Waals surface area contributed by atoms with Gasteiger partial charge in [0.15, 0.2) is 10.9 Å². The molecule has 92 valence electrons. The van der Waals surface area contributed by atoms with Crippen LogP contribution < -0.4 is 10.9 Å². The zero-order valence-electron chi connectivity index (χ0n) is 10.4. The van der Waals surface area contributed by atoms with Crippen molar-refractivity contribution in [1.82, 2.24) is 0 Å². The van der Waals surface area contributed by atoms with E-state index in [2.05, 4.69) is 0 Å². The summed E-state index contributed by atoms with van der Waals surface area (Å²) in [6.45, 7) is 0. The average Bonchev–Trinajstić information content (AvgIpc) is 3.32. The maximum Gasteiger partial charge on any atom is 0.195 e. The average molecular weight is 256 g/mol. The summed E-state index contributed by atoms with van der Waals surface area (Å²) < 4.78 is 0. The van der Waals surface area contributed by atoms with Crippen molar-refractivity contribution >= 4 is 0 Å². The Bertz CT molecular complexity index is 870. The highest BCUT2D eigenvalue weighted by Crippen LogP contribution is 2.49. The molecule has 0 saturated heterocycles. The summed E-state index contributed by atoms with van der Waals surface area (Å²) in [6, 6.07) is 15.4. The summed E-state index contributed by atoms with van der Waals surface area (Å²) in [5.74, 6) is 0. The Balaban J connectivity index is 1.97. The van der Waals surface area contributed by atoms with Crippen LogP contribution in [0.1, 0.15) is 0 Å². The van der Waals surface area contributed by atoms with Crippen LogP contribution in [-0.4, -0.2) is 0 Å². The number of rotatable bonds is 0. The first kappa shape index (κ1) is 10.1. The van der Waals surface area contributed by atoms with Gasteiger partial charge in [-0.3, -0.25) is 9.59 Å². The van der Waals surface area contributed by atoms with E-state index in [0.717, 1.165) is 44.5 Å². The van der Waals surface area contributed by atoms with Crippen LogP contribution in [0.3, 0.4) is 0 Å². The van der Waals surface area contributed by atoms with Crippen LogP contribution in [0.2, 0.25) is 0 Å². The zero-order chi connectivity index (χ0) is 13.4. The molecule has 0 aromatic heterocycles. The first-order valence-electron chi connectivity index (χ1n) is 6.56. The summed E-state index contributed by atoms with van der Waals surface area (Å²) in [7, 11) is 0. The van der Waals surface area contributed by atoms with Crippen LogP contribution in [0.25, 0.3) is 44.5 Å². The standard InChI is InChI=1S/C18H8O2/c19-17-13-9-5-1-2-6-10(9)14-16(18(14)20)12-8-4-3-7-11(12)15(13)17/h1-8H. The third kappa shape index (κ3) is 1.02. The maximum atomic E-state index is 12.2. The van der Waals surface area contributed by atoms with Crippen molar-refractivity contribution in [3.8, 4) is 44.5 Å². The fourth-order valence-corrected chi connectivity index (χ4v) is 3.21.